The summed E-state index contributed by atoms with van der Waals surface area (Å²) in [7, 11) is 0. The summed E-state index contributed by atoms with van der Waals surface area (Å²) in [6.07, 6.45) is 1.65. The number of para-hydroxylation sites is 1. The zero-order valence-corrected chi connectivity index (χ0v) is 8.34. The summed E-state index contributed by atoms with van der Waals surface area (Å²) in [5.41, 5.74) is 6.97. The summed E-state index contributed by atoms with van der Waals surface area (Å²) < 4.78 is 1.60. The van der Waals surface area contributed by atoms with E-state index in [2.05, 4.69) is 5.10 Å². The van der Waals surface area contributed by atoms with Crippen LogP contribution in [-0.2, 0) is 0 Å². The molecule has 0 saturated carbocycles. The van der Waals surface area contributed by atoms with Gasteiger partial charge in [0.25, 0.3) is 0 Å². The van der Waals surface area contributed by atoms with Gasteiger partial charge in [0, 0.05) is 6.20 Å². The Labute approximate surface area is 87.3 Å². The van der Waals surface area contributed by atoms with Crippen LogP contribution in [-0.4, -0.2) is 15.6 Å². The van der Waals surface area contributed by atoms with E-state index in [0.29, 0.717) is 5.56 Å². The largest absolute Gasteiger partial charge is 0.382 e. The highest BCUT2D eigenvalue weighted by Gasteiger charge is 2.10. The summed E-state index contributed by atoms with van der Waals surface area (Å²) in [4.78, 5) is 11.2. The van der Waals surface area contributed by atoms with E-state index in [4.69, 9.17) is 5.73 Å². The van der Waals surface area contributed by atoms with Gasteiger partial charge >= 0.3 is 0 Å². The summed E-state index contributed by atoms with van der Waals surface area (Å²) >= 11 is 0. The van der Waals surface area contributed by atoms with Crippen LogP contribution in [0.2, 0.25) is 0 Å². The zero-order chi connectivity index (χ0) is 10.8. The number of ketones is 1. The van der Waals surface area contributed by atoms with Crippen LogP contribution in [0.25, 0.3) is 5.69 Å². The van der Waals surface area contributed by atoms with E-state index in [0.717, 1.165) is 5.69 Å². The Hall–Kier alpha value is -2.10. The van der Waals surface area contributed by atoms with Crippen LogP contribution in [0.5, 0.6) is 0 Å². The van der Waals surface area contributed by atoms with Gasteiger partial charge in [-0.1, -0.05) is 18.2 Å². The molecule has 2 rings (SSSR count). The zero-order valence-electron chi connectivity index (χ0n) is 8.34. The molecule has 2 N–H and O–H groups in total. The third kappa shape index (κ3) is 1.74. The highest BCUT2D eigenvalue weighted by Crippen LogP contribution is 2.13. The van der Waals surface area contributed by atoms with Crippen molar-refractivity contribution in [1.82, 2.24) is 9.78 Å². The highest BCUT2D eigenvalue weighted by atomic mass is 16.1. The number of nitrogen functional groups attached to an aromatic ring is 1. The Morgan fingerprint density at radius 2 is 2.00 bits per heavy atom. The lowest BCUT2D eigenvalue weighted by atomic mass is 10.2. The van der Waals surface area contributed by atoms with Crippen LogP contribution in [0.4, 0.5) is 5.82 Å². The number of carbonyl (C=O) groups is 1. The summed E-state index contributed by atoms with van der Waals surface area (Å²) in [6.45, 7) is 1.47. The molecule has 0 atom stereocenters. The molecule has 0 aliphatic carbocycles. The Kier molecular flexibility index (Phi) is 2.25. The topological polar surface area (TPSA) is 60.9 Å². The third-order valence-electron chi connectivity index (χ3n) is 2.14. The summed E-state index contributed by atoms with van der Waals surface area (Å²) in [5, 5.41) is 4.08. The smallest absolute Gasteiger partial charge is 0.165 e. The van der Waals surface area contributed by atoms with E-state index in [9.17, 15) is 4.79 Å². The Morgan fingerprint density at radius 1 is 1.33 bits per heavy atom. The summed E-state index contributed by atoms with van der Waals surface area (Å²) in [5.74, 6) is 0.195. The normalized spacial score (nSPS) is 10.2. The first-order chi connectivity index (χ1) is 7.18. The lowest BCUT2D eigenvalue weighted by Crippen LogP contribution is -1.96. The number of hydrogen-bond acceptors (Lipinski definition) is 3. The van der Waals surface area contributed by atoms with Crippen LogP contribution in [0, 0.1) is 0 Å². The fraction of sp³-hybridized carbons (Fsp3) is 0.0909. The van der Waals surface area contributed by atoms with E-state index in [1.165, 1.54) is 6.92 Å². The van der Waals surface area contributed by atoms with Crippen molar-refractivity contribution in [2.75, 3.05) is 5.73 Å². The van der Waals surface area contributed by atoms with Crippen molar-refractivity contribution < 1.29 is 4.79 Å². The number of nitrogens with two attached hydrogens (primary N) is 1. The van der Waals surface area contributed by atoms with Gasteiger partial charge in [-0.25, -0.2) is 4.68 Å². The Bertz CT molecular complexity index is 488. The Balaban J connectivity index is 2.48. The van der Waals surface area contributed by atoms with Gasteiger partial charge in [0.1, 0.15) is 0 Å². The number of Topliss-reactive ketones (excluding diaryl/α,β-unsaturated/α-hetero) is 1. The lowest BCUT2D eigenvalue weighted by Gasteiger charge is -1.98. The minimum Gasteiger partial charge on any atom is -0.382 e. The molecule has 0 radical (unpaired) electrons. The van der Waals surface area contributed by atoms with Gasteiger partial charge < -0.3 is 5.73 Å². The summed E-state index contributed by atoms with van der Waals surface area (Å²) in [6, 6.07) is 9.52. The number of anilines is 1. The predicted molar refractivity (Wildman–Crippen MR) is 58.0 cm³/mol. The van der Waals surface area contributed by atoms with Gasteiger partial charge in [0.15, 0.2) is 11.6 Å². The second-order valence-electron chi connectivity index (χ2n) is 3.26. The predicted octanol–water partition coefficient (Wildman–Crippen LogP) is 1.66. The van der Waals surface area contributed by atoms with Crippen molar-refractivity contribution >= 4 is 11.6 Å². The molecule has 0 aliphatic rings. The molecule has 0 amide bonds. The average Bonchev–Trinajstić information content (AvgIpc) is 2.62. The fourth-order valence-corrected chi connectivity index (χ4v) is 1.37. The number of hydrogen-bond donors (Lipinski definition) is 1. The van der Waals surface area contributed by atoms with E-state index in [-0.39, 0.29) is 11.6 Å². The van der Waals surface area contributed by atoms with Crippen molar-refractivity contribution in [1.29, 1.82) is 0 Å². The first kappa shape index (κ1) is 9.45. The standard InChI is InChI=1S/C11H11N3O/c1-8(15)10-7-14(13-11(10)12)9-5-3-2-4-6-9/h2-7H,1H3,(H2,12,13). The van der Waals surface area contributed by atoms with Crippen molar-refractivity contribution in [3.63, 3.8) is 0 Å². The molecule has 76 valence electrons. The molecule has 4 heteroatoms. The molecule has 1 aromatic heterocycles. The van der Waals surface area contributed by atoms with Gasteiger partial charge in [-0.15, -0.1) is 5.10 Å². The van der Waals surface area contributed by atoms with E-state index >= 15 is 0 Å². The molecule has 2 aromatic rings. The quantitative estimate of drug-likeness (QED) is 0.751. The number of nitrogens with zero attached hydrogens (tertiary/aromatic N) is 2. The number of benzene rings is 1. The molecule has 0 saturated heterocycles. The van der Waals surface area contributed by atoms with Crippen LogP contribution >= 0.6 is 0 Å². The average molecular weight is 201 g/mol. The van der Waals surface area contributed by atoms with Crippen molar-refractivity contribution in [3.8, 4) is 5.69 Å². The molecular weight excluding hydrogens is 190 g/mol. The van der Waals surface area contributed by atoms with E-state index < -0.39 is 0 Å². The number of rotatable bonds is 2. The van der Waals surface area contributed by atoms with Crippen LogP contribution in [0.3, 0.4) is 0 Å². The maximum atomic E-state index is 11.2. The molecule has 1 heterocycles. The second-order valence-corrected chi connectivity index (χ2v) is 3.26. The van der Waals surface area contributed by atoms with Gasteiger partial charge in [0.2, 0.25) is 0 Å². The molecular formula is C11H11N3O. The maximum Gasteiger partial charge on any atom is 0.165 e. The van der Waals surface area contributed by atoms with Crippen molar-refractivity contribution in [2.24, 2.45) is 0 Å². The minimum atomic E-state index is -0.0744. The van der Waals surface area contributed by atoms with Crippen molar-refractivity contribution in [2.45, 2.75) is 6.92 Å². The molecule has 0 unspecified atom stereocenters. The minimum absolute atomic E-state index is 0.0744. The highest BCUT2D eigenvalue weighted by molar-refractivity contribution is 5.98. The molecule has 0 spiro atoms. The van der Waals surface area contributed by atoms with Crippen LogP contribution in [0.15, 0.2) is 36.5 Å². The van der Waals surface area contributed by atoms with Crippen LogP contribution < -0.4 is 5.73 Å². The van der Waals surface area contributed by atoms with E-state index in [1.807, 2.05) is 30.3 Å². The van der Waals surface area contributed by atoms with Gasteiger partial charge in [0.05, 0.1) is 11.3 Å². The fourth-order valence-electron chi connectivity index (χ4n) is 1.37. The molecule has 0 fully saturated rings. The first-order valence-electron chi connectivity index (χ1n) is 4.60. The van der Waals surface area contributed by atoms with Gasteiger partial charge in [-0.3, -0.25) is 4.79 Å². The second kappa shape index (κ2) is 3.57. The van der Waals surface area contributed by atoms with Gasteiger partial charge in [-0.05, 0) is 19.1 Å². The van der Waals surface area contributed by atoms with Crippen molar-refractivity contribution in [3.05, 3.63) is 42.1 Å². The number of carbonyl (C=O) groups excluding carboxylic acids is 1. The molecule has 1 aromatic carbocycles. The molecule has 15 heavy (non-hydrogen) atoms. The third-order valence-corrected chi connectivity index (χ3v) is 2.14. The Morgan fingerprint density at radius 3 is 2.53 bits per heavy atom. The molecule has 0 aliphatic heterocycles. The SMILES string of the molecule is CC(=O)c1cn(-c2ccccc2)nc1N. The molecule has 4 nitrogen and oxygen atoms in total. The molecule has 0 bridgehead atoms. The monoisotopic (exact) mass is 201 g/mol. The van der Waals surface area contributed by atoms with Crippen LogP contribution in [0.1, 0.15) is 17.3 Å². The lowest BCUT2D eigenvalue weighted by molar-refractivity contribution is 0.101. The van der Waals surface area contributed by atoms with Gasteiger partial charge in [-0.2, -0.15) is 0 Å². The number of aromatic nitrogens is 2. The van der Waals surface area contributed by atoms with E-state index in [1.54, 1.807) is 10.9 Å². The first-order valence-corrected chi connectivity index (χ1v) is 4.60. The maximum absolute atomic E-state index is 11.2.